The van der Waals surface area contributed by atoms with Crippen LogP contribution in [0.1, 0.15) is 43.7 Å². The number of aromatic nitrogens is 2. The number of hydrogen-bond acceptors (Lipinski definition) is 3. The third kappa shape index (κ3) is 3.49. The van der Waals surface area contributed by atoms with Crippen molar-refractivity contribution in [2.75, 3.05) is 0 Å². The number of nitrogens with zero attached hydrogens (tertiary/aromatic N) is 1. The minimum atomic E-state index is -0.344. The smallest absolute Gasteiger partial charge is 0.241 e. The summed E-state index contributed by atoms with van der Waals surface area (Å²) in [4.78, 5) is 11.7. The predicted molar refractivity (Wildman–Crippen MR) is 83.4 cm³/mol. The Bertz CT molecular complexity index is 589. The molecule has 0 bridgehead atoms. The molecule has 1 heterocycles. The number of rotatable bonds is 6. The van der Waals surface area contributed by atoms with E-state index in [1.165, 1.54) is 18.4 Å². The first-order chi connectivity index (χ1) is 10.2. The van der Waals surface area contributed by atoms with Gasteiger partial charge in [-0.25, -0.2) is 5.84 Å². The molecular formula is C16H22N4O. The highest BCUT2D eigenvalue weighted by atomic mass is 16.2. The Morgan fingerprint density at radius 3 is 2.71 bits per heavy atom. The fourth-order valence-electron chi connectivity index (χ4n) is 2.34. The van der Waals surface area contributed by atoms with Crippen molar-refractivity contribution in [3.05, 3.63) is 41.6 Å². The van der Waals surface area contributed by atoms with E-state index in [9.17, 15) is 4.79 Å². The molecule has 0 spiro atoms. The van der Waals surface area contributed by atoms with Crippen molar-refractivity contribution in [3.8, 4) is 11.3 Å². The van der Waals surface area contributed by atoms with Gasteiger partial charge in [-0.3, -0.25) is 15.3 Å². The Labute approximate surface area is 124 Å². The predicted octanol–water partition coefficient (Wildman–Crippen LogP) is 2.51. The van der Waals surface area contributed by atoms with Crippen LogP contribution in [0.25, 0.3) is 11.3 Å². The summed E-state index contributed by atoms with van der Waals surface area (Å²) in [5.74, 6) is 4.64. The molecule has 4 N–H and O–H groups in total. The standard InChI is InChI=1S/C16H22N4O/c1-3-4-5-12-6-8-13(9-7-12)15-14(10-18-20-15)11(2)16(21)19-17/h6-11H,3-5,17H2,1-2H3,(H,18,20)(H,19,21). The second-order valence-electron chi connectivity index (χ2n) is 5.23. The lowest BCUT2D eigenvalue weighted by molar-refractivity contribution is -0.122. The number of unbranched alkanes of at least 4 members (excludes halogenated alkanes) is 1. The van der Waals surface area contributed by atoms with Crippen molar-refractivity contribution in [3.63, 3.8) is 0 Å². The van der Waals surface area contributed by atoms with E-state index in [0.29, 0.717) is 0 Å². The molecule has 0 aliphatic rings. The van der Waals surface area contributed by atoms with Crippen LogP contribution in [0.3, 0.4) is 0 Å². The van der Waals surface area contributed by atoms with Crippen LogP contribution in [0.5, 0.6) is 0 Å². The van der Waals surface area contributed by atoms with Gasteiger partial charge in [0.15, 0.2) is 0 Å². The van der Waals surface area contributed by atoms with Crippen molar-refractivity contribution in [2.45, 2.75) is 39.0 Å². The first kappa shape index (κ1) is 15.3. The van der Waals surface area contributed by atoms with E-state index in [4.69, 9.17) is 5.84 Å². The highest BCUT2D eigenvalue weighted by Gasteiger charge is 2.20. The number of amides is 1. The van der Waals surface area contributed by atoms with E-state index in [2.05, 4.69) is 46.8 Å². The molecule has 21 heavy (non-hydrogen) atoms. The Balaban J connectivity index is 2.23. The molecule has 0 aliphatic heterocycles. The lowest BCUT2D eigenvalue weighted by atomic mass is 9.96. The fourth-order valence-corrected chi connectivity index (χ4v) is 2.34. The molecule has 1 atom stereocenters. The molecule has 0 aliphatic carbocycles. The van der Waals surface area contributed by atoms with Gasteiger partial charge in [-0.1, -0.05) is 37.6 Å². The maximum atomic E-state index is 11.7. The average Bonchev–Trinajstić information content (AvgIpc) is 3.01. The summed E-state index contributed by atoms with van der Waals surface area (Å²) in [6, 6.07) is 8.39. The van der Waals surface area contributed by atoms with Crippen LogP contribution in [0.4, 0.5) is 0 Å². The summed E-state index contributed by atoms with van der Waals surface area (Å²) in [6.45, 7) is 4.00. The molecule has 0 saturated carbocycles. The summed E-state index contributed by atoms with van der Waals surface area (Å²) >= 11 is 0. The fraction of sp³-hybridized carbons (Fsp3) is 0.375. The Hall–Kier alpha value is -2.14. The van der Waals surface area contributed by atoms with Crippen LogP contribution < -0.4 is 11.3 Å². The van der Waals surface area contributed by atoms with Gasteiger partial charge in [-0.2, -0.15) is 5.10 Å². The highest BCUT2D eigenvalue weighted by molar-refractivity contribution is 5.85. The van der Waals surface area contributed by atoms with Gasteiger partial charge in [0.1, 0.15) is 0 Å². The van der Waals surface area contributed by atoms with Crippen molar-refractivity contribution >= 4 is 5.91 Å². The van der Waals surface area contributed by atoms with Crippen molar-refractivity contribution in [2.24, 2.45) is 5.84 Å². The minimum absolute atomic E-state index is 0.225. The van der Waals surface area contributed by atoms with Crippen molar-refractivity contribution < 1.29 is 4.79 Å². The summed E-state index contributed by atoms with van der Waals surface area (Å²) < 4.78 is 0. The highest BCUT2D eigenvalue weighted by Crippen LogP contribution is 2.27. The van der Waals surface area contributed by atoms with E-state index in [0.717, 1.165) is 23.2 Å². The number of hydrazine groups is 1. The molecule has 1 aromatic heterocycles. The Kier molecular flexibility index (Phi) is 5.11. The second-order valence-corrected chi connectivity index (χ2v) is 5.23. The zero-order valence-electron chi connectivity index (χ0n) is 12.5. The summed E-state index contributed by atoms with van der Waals surface area (Å²) in [5, 5.41) is 7.04. The van der Waals surface area contributed by atoms with Gasteiger partial charge < -0.3 is 0 Å². The normalized spacial score (nSPS) is 12.1. The van der Waals surface area contributed by atoms with Crippen molar-refractivity contribution in [1.82, 2.24) is 15.6 Å². The lowest BCUT2D eigenvalue weighted by Crippen LogP contribution is -2.33. The maximum absolute atomic E-state index is 11.7. The van der Waals surface area contributed by atoms with Gasteiger partial charge in [-0.15, -0.1) is 0 Å². The first-order valence-electron chi connectivity index (χ1n) is 7.30. The SMILES string of the molecule is CCCCc1ccc(-c2[nH]ncc2C(C)C(=O)NN)cc1. The molecular weight excluding hydrogens is 264 g/mol. The number of aromatic amines is 1. The number of hydrogen-bond donors (Lipinski definition) is 3. The van der Waals surface area contributed by atoms with Crippen LogP contribution in [0, 0.1) is 0 Å². The molecule has 5 heteroatoms. The molecule has 112 valence electrons. The first-order valence-corrected chi connectivity index (χ1v) is 7.30. The third-order valence-corrected chi connectivity index (χ3v) is 3.73. The van der Waals surface area contributed by atoms with E-state index in [1.54, 1.807) is 6.20 Å². The number of carbonyl (C=O) groups excluding carboxylic acids is 1. The number of benzene rings is 1. The van der Waals surface area contributed by atoms with Gasteiger partial charge in [0.05, 0.1) is 17.8 Å². The van der Waals surface area contributed by atoms with E-state index >= 15 is 0 Å². The van der Waals surface area contributed by atoms with Crippen LogP contribution in [-0.2, 0) is 11.2 Å². The van der Waals surface area contributed by atoms with Crippen LogP contribution in [0.15, 0.2) is 30.5 Å². The van der Waals surface area contributed by atoms with Gasteiger partial charge in [-0.05, 0) is 30.9 Å². The third-order valence-electron chi connectivity index (χ3n) is 3.73. The Morgan fingerprint density at radius 1 is 1.38 bits per heavy atom. The van der Waals surface area contributed by atoms with Crippen LogP contribution >= 0.6 is 0 Å². The summed E-state index contributed by atoms with van der Waals surface area (Å²) in [5.41, 5.74) is 6.25. The topological polar surface area (TPSA) is 83.8 Å². The zero-order valence-corrected chi connectivity index (χ0v) is 12.5. The van der Waals surface area contributed by atoms with E-state index in [-0.39, 0.29) is 11.8 Å². The van der Waals surface area contributed by atoms with Gasteiger partial charge in [0.25, 0.3) is 0 Å². The maximum Gasteiger partial charge on any atom is 0.241 e. The van der Waals surface area contributed by atoms with Crippen molar-refractivity contribution in [1.29, 1.82) is 0 Å². The number of aryl methyl sites for hydroxylation is 1. The van der Waals surface area contributed by atoms with E-state index in [1.807, 2.05) is 6.92 Å². The van der Waals surface area contributed by atoms with Gasteiger partial charge in [0.2, 0.25) is 5.91 Å². The number of H-pyrrole nitrogens is 1. The molecule has 0 fully saturated rings. The molecule has 2 aromatic rings. The van der Waals surface area contributed by atoms with Crippen LogP contribution in [0.2, 0.25) is 0 Å². The molecule has 1 unspecified atom stereocenters. The van der Waals surface area contributed by atoms with E-state index < -0.39 is 0 Å². The molecule has 0 radical (unpaired) electrons. The van der Waals surface area contributed by atoms with Gasteiger partial charge >= 0.3 is 0 Å². The zero-order chi connectivity index (χ0) is 15.2. The number of carbonyl (C=O) groups is 1. The number of nitrogens with two attached hydrogens (primary N) is 1. The number of nitrogens with one attached hydrogen (secondary N) is 2. The summed E-state index contributed by atoms with van der Waals surface area (Å²) in [6.07, 6.45) is 5.17. The monoisotopic (exact) mass is 286 g/mol. The molecule has 1 amide bonds. The molecule has 1 aromatic carbocycles. The van der Waals surface area contributed by atoms with Crippen LogP contribution in [-0.4, -0.2) is 16.1 Å². The minimum Gasteiger partial charge on any atom is -0.294 e. The molecule has 2 rings (SSSR count). The average molecular weight is 286 g/mol. The Morgan fingerprint density at radius 2 is 2.10 bits per heavy atom. The second kappa shape index (κ2) is 7.04. The van der Waals surface area contributed by atoms with Gasteiger partial charge in [0, 0.05) is 5.56 Å². The quantitative estimate of drug-likeness (QED) is 0.433. The summed E-state index contributed by atoms with van der Waals surface area (Å²) in [7, 11) is 0. The lowest BCUT2D eigenvalue weighted by Gasteiger charge is -2.10. The molecule has 5 nitrogen and oxygen atoms in total. The molecule has 0 saturated heterocycles. The largest absolute Gasteiger partial charge is 0.294 e.